The van der Waals surface area contributed by atoms with Gasteiger partial charge in [-0.3, -0.25) is 0 Å². The van der Waals surface area contributed by atoms with E-state index in [1.54, 1.807) is 0 Å². The number of fused-ring (bicyclic) bond motifs is 11. The van der Waals surface area contributed by atoms with Crippen LogP contribution in [0.3, 0.4) is 0 Å². The van der Waals surface area contributed by atoms with Gasteiger partial charge in [0.2, 0.25) is 0 Å². The van der Waals surface area contributed by atoms with Crippen LogP contribution in [0.4, 0.5) is 17.1 Å². The van der Waals surface area contributed by atoms with Gasteiger partial charge in [-0.15, -0.1) is 0 Å². The summed E-state index contributed by atoms with van der Waals surface area (Å²) >= 11 is 0. The first-order valence-corrected chi connectivity index (χ1v) is 23.1. The molecule has 13 rings (SSSR count). The molecule has 0 radical (unpaired) electrons. The Labute approximate surface area is 375 Å². The lowest BCUT2D eigenvalue weighted by Crippen LogP contribution is -2.28. The molecule has 0 aliphatic heterocycles. The zero-order valence-electron chi connectivity index (χ0n) is 35.8. The summed E-state index contributed by atoms with van der Waals surface area (Å²) in [7, 11) is 0. The monoisotopic (exact) mass is 817 g/mol. The van der Waals surface area contributed by atoms with Crippen molar-refractivity contribution >= 4 is 38.6 Å². The first-order valence-electron chi connectivity index (χ1n) is 23.1. The smallest absolute Gasteiger partial charge is 0.0714 e. The van der Waals surface area contributed by atoms with E-state index in [0.717, 1.165) is 17.1 Å². The summed E-state index contributed by atoms with van der Waals surface area (Å²) in [6.45, 7) is 0. The van der Waals surface area contributed by atoms with E-state index in [-0.39, 0.29) is 5.41 Å². The van der Waals surface area contributed by atoms with Crippen LogP contribution in [0, 0.1) is 0 Å². The van der Waals surface area contributed by atoms with Crippen molar-refractivity contribution in [2.24, 2.45) is 0 Å². The zero-order valence-corrected chi connectivity index (χ0v) is 35.8. The number of hydrogen-bond donors (Lipinski definition) is 0. The Hall–Kier alpha value is -7.48. The van der Waals surface area contributed by atoms with Gasteiger partial charge < -0.3 is 4.90 Å². The molecule has 10 aromatic rings. The number of hydrogen-bond acceptors (Lipinski definition) is 1. The van der Waals surface area contributed by atoms with E-state index in [4.69, 9.17) is 0 Å². The number of rotatable bonds is 6. The van der Waals surface area contributed by atoms with Gasteiger partial charge in [-0.05, 0) is 144 Å². The van der Waals surface area contributed by atoms with Gasteiger partial charge in [0.25, 0.3) is 0 Å². The van der Waals surface area contributed by atoms with Crippen LogP contribution in [0.15, 0.2) is 224 Å². The largest absolute Gasteiger partial charge is 0.310 e. The lowest BCUT2D eigenvalue weighted by Gasteiger charge is -2.36. The second-order valence-electron chi connectivity index (χ2n) is 18.3. The fraction of sp³-hybridized carbons (Fsp3) is 0.111. The summed E-state index contributed by atoms with van der Waals surface area (Å²) in [5.74, 6) is 0. The van der Waals surface area contributed by atoms with Crippen LogP contribution >= 0.6 is 0 Å². The lowest BCUT2D eigenvalue weighted by atomic mass is 9.67. The van der Waals surface area contributed by atoms with Crippen molar-refractivity contribution in [3.8, 4) is 33.4 Å². The predicted octanol–water partition coefficient (Wildman–Crippen LogP) is 16.7. The summed E-state index contributed by atoms with van der Waals surface area (Å²) < 4.78 is 0. The Balaban J connectivity index is 0.986. The highest BCUT2D eigenvalue weighted by Gasteiger charge is 2.47. The second kappa shape index (κ2) is 14.5. The molecule has 1 fully saturated rings. The molecule has 0 N–H and O–H groups in total. The fourth-order valence-electron chi connectivity index (χ4n) is 12.3. The third-order valence-electron chi connectivity index (χ3n) is 15.1. The third kappa shape index (κ3) is 5.43. The minimum atomic E-state index is -0.495. The number of nitrogens with zero attached hydrogens (tertiary/aromatic N) is 1. The first kappa shape index (κ1) is 37.1. The van der Waals surface area contributed by atoms with Crippen LogP contribution in [-0.2, 0) is 10.8 Å². The summed E-state index contributed by atoms with van der Waals surface area (Å²) in [5.41, 5.74) is 19.2. The molecule has 0 unspecified atom stereocenters. The Bertz CT molecular complexity index is 3370. The van der Waals surface area contributed by atoms with Crippen LogP contribution in [0.1, 0.15) is 65.5 Å². The molecule has 1 saturated carbocycles. The Kier molecular flexibility index (Phi) is 8.43. The van der Waals surface area contributed by atoms with E-state index in [1.807, 2.05) is 0 Å². The molecular formula is C63H47N. The van der Waals surface area contributed by atoms with Crippen LogP contribution in [0.5, 0.6) is 0 Å². The van der Waals surface area contributed by atoms with Crippen LogP contribution in [0.25, 0.3) is 54.9 Å². The normalized spacial score (nSPS) is 15.1. The Morgan fingerprint density at radius 3 is 1.61 bits per heavy atom. The van der Waals surface area contributed by atoms with Crippen molar-refractivity contribution < 1.29 is 0 Å². The van der Waals surface area contributed by atoms with Gasteiger partial charge in [-0.25, -0.2) is 0 Å². The minimum absolute atomic E-state index is 0.125. The minimum Gasteiger partial charge on any atom is -0.310 e. The van der Waals surface area contributed by atoms with Crippen molar-refractivity contribution in [3.05, 3.63) is 258 Å². The molecule has 64 heavy (non-hydrogen) atoms. The highest BCUT2D eigenvalue weighted by molar-refractivity contribution is 6.08. The molecule has 0 aromatic heterocycles. The van der Waals surface area contributed by atoms with Gasteiger partial charge in [0.15, 0.2) is 0 Å². The quantitative estimate of drug-likeness (QED) is 0.151. The first-order chi connectivity index (χ1) is 31.7. The molecule has 0 atom stereocenters. The SMILES string of the molecule is c1ccc(C2(c3ccccc3)c3ccccc3-c3ccc(N(c4ccc(-c5ccc6c(c5)C5(CCCCC5)c5ccccc5-6)cc4)c4ccc5c(ccc6ccccc65)c4)cc32)cc1. The maximum Gasteiger partial charge on any atom is 0.0714 e. The molecule has 0 bridgehead atoms. The van der Waals surface area contributed by atoms with Gasteiger partial charge in [0.05, 0.1) is 5.41 Å². The summed E-state index contributed by atoms with van der Waals surface area (Å²) in [6, 6.07) is 84.6. The summed E-state index contributed by atoms with van der Waals surface area (Å²) in [6.07, 6.45) is 6.39. The van der Waals surface area contributed by atoms with Gasteiger partial charge in [0, 0.05) is 22.5 Å². The molecule has 3 aliphatic carbocycles. The highest BCUT2D eigenvalue weighted by Crippen LogP contribution is 2.58. The molecule has 1 heteroatoms. The lowest BCUT2D eigenvalue weighted by molar-refractivity contribution is 0.353. The van der Waals surface area contributed by atoms with Gasteiger partial charge in [-0.1, -0.05) is 201 Å². The molecule has 1 spiro atoms. The van der Waals surface area contributed by atoms with E-state index in [9.17, 15) is 0 Å². The maximum absolute atomic E-state index is 2.53. The van der Waals surface area contributed by atoms with Crippen molar-refractivity contribution in [3.63, 3.8) is 0 Å². The fourth-order valence-corrected chi connectivity index (χ4v) is 12.3. The Morgan fingerprint density at radius 1 is 0.312 bits per heavy atom. The van der Waals surface area contributed by atoms with Gasteiger partial charge >= 0.3 is 0 Å². The molecular weight excluding hydrogens is 771 g/mol. The Morgan fingerprint density at radius 2 is 0.844 bits per heavy atom. The molecule has 0 heterocycles. The average molecular weight is 818 g/mol. The standard InChI is InChI=1S/C63H47N/c1-4-17-47(18-5-1)63(48-19-6-2-7-20-48)59-25-13-11-23-55(59)57-37-34-51(42-61(57)63)64(50-33-36-53-46(40-50)27-26-44-16-8-9-21-52(44)53)49-31-28-43(29-32-49)45-30-35-56-54-22-10-12-24-58(54)62(60(56)41-45)38-14-3-15-39-62/h1-2,4-13,16-37,40-42H,3,14-15,38-39H2. The molecule has 3 aliphatic rings. The van der Waals surface area contributed by atoms with Gasteiger partial charge in [-0.2, -0.15) is 0 Å². The van der Waals surface area contributed by atoms with E-state index >= 15 is 0 Å². The van der Waals surface area contributed by atoms with Crippen LogP contribution < -0.4 is 4.90 Å². The average Bonchev–Trinajstić information content (AvgIpc) is 3.81. The van der Waals surface area contributed by atoms with E-state index in [1.165, 1.54) is 120 Å². The second-order valence-corrected chi connectivity index (χ2v) is 18.3. The van der Waals surface area contributed by atoms with Crippen molar-refractivity contribution in [2.45, 2.75) is 42.9 Å². The summed E-state index contributed by atoms with van der Waals surface area (Å²) in [5, 5.41) is 5.03. The van der Waals surface area contributed by atoms with E-state index in [2.05, 4.69) is 229 Å². The summed E-state index contributed by atoms with van der Waals surface area (Å²) in [4.78, 5) is 2.47. The predicted molar refractivity (Wildman–Crippen MR) is 268 cm³/mol. The van der Waals surface area contributed by atoms with E-state index in [0.29, 0.717) is 0 Å². The zero-order chi connectivity index (χ0) is 42.2. The van der Waals surface area contributed by atoms with Crippen LogP contribution in [0.2, 0.25) is 0 Å². The topological polar surface area (TPSA) is 3.24 Å². The molecule has 10 aromatic carbocycles. The maximum atomic E-state index is 2.53. The molecule has 0 saturated heterocycles. The third-order valence-corrected chi connectivity index (χ3v) is 15.1. The van der Waals surface area contributed by atoms with E-state index < -0.39 is 5.41 Å². The number of anilines is 3. The highest BCUT2D eigenvalue weighted by atomic mass is 15.1. The van der Waals surface area contributed by atoms with Gasteiger partial charge in [0.1, 0.15) is 0 Å². The van der Waals surface area contributed by atoms with Crippen molar-refractivity contribution in [1.29, 1.82) is 0 Å². The van der Waals surface area contributed by atoms with Crippen molar-refractivity contribution in [1.82, 2.24) is 0 Å². The molecule has 304 valence electrons. The van der Waals surface area contributed by atoms with Crippen molar-refractivity contribution in [2.75, 3.05) is 4.90 Å². The van der Waals surface area contributed by atoms with Crippen LogP contribution in [-0.4, -0.2) is 0 Å². The molecule has 1 nitrogen and oxygen atoms in total. The molecule has 0 amide bonds. The number of benzene rings is 10.